The minimum absolute atomic E-state index is 0.0112. The van der Waals surface area contributed by atoms with Crippen molar-refractivity contribution < 1.29 is 17.9 Å². The van der Waals surface area contributed by atoms with Crippen molar-refractivity contribution in [2.45, 2.75) is 20.1 Å². The van der Waals surface area contributed by atoms with Gasteiger partial charge in [0.05, 0.1) is 5.75 Å². The highest BCUT2D eigenvalue weighted by molar-refractivity contribution is 7.89. The van der Waals surface area contributed by atoms with Crippen LogP contribution < -0.4 is 14.8 Å². The van der Waals surface area contributed by atoms with Gasteiger partial charge in [0.1, 0.15) is 12.4 Å². The van der Waals surface area contributed by atoms with Crippen LogP contribution in [0.15, 0.2) is 78.9 Å². The Bertz CT molecular complexity index is 1120. The van der Waals surface area contributed by atoms with Crippen molar-refractivity contribution in [2.24, 2.45) is 0 Å². The van der Waals surface area contributed by atoms with Crippen molar-refractivity contribution >= 4 is 15.9 Å². The van der Waals surface area contributed by atoms with Crippen LogP contribution in [-0.2, 0) is 23.2 Å². The van der Waals surface area contributed by atoms with Crippen molar-refractivity contribution in [1.82, 2.24) is 10.0 Å². The average molecular weight is 439 g/mol. The molecule has 0 saturated heterocycles. The van der Waals surface area contributed by atoms with Gasteiger partial charge in [-0.2, -0.15) is 0 Å². The van der Waals surface area contributed by atoms with Crippen LogP contribution in [0.4, 0.5) is 0 Å². The molecule has 0 aliphatic heterocycles. The second-order valence-electron chi connectivity index (χ2n) is 7.19. The molecule has 0 aromatic heterocycles. The number of benzene rings is 3. The molecule has 0 fully saturated rings. The van der Waals surface area contributed by atoms with Gasteiger partial charge in [-0.25, -0.2) is 13.1 Å². The molecule has 1 amide bonds. The first-order chi connectivity index (χ1) is 14.9. The molecule has 3 aromatic carbocycles. The number of hydrogen-bond donors (Lipinski definition) is 2. The number of ether oxygens (including phenoxy) is 1. The minimum Gasteiger partial charge on any atom is -0.489 e. The maximum atomic E-state index is 12.4. The molecule has 6 nitrogen and oxygen atoms in total. The summed E-state index contributed by atoms with van der Waals surface area (Å²) < 4.78 is 32.6. The Balaban J connectivity index is 1.47. The lowest BCUT2D eigenvalue weighted by molar-refractivity contribution is 0.0955. The number of sulfonamides is 1. The van der Waals surface area contributed by atoms with Gasteiger partial charge < -0.3 is 10.1 Å². The van der Waals surface area contributed by atoms with E-state index in [1.54, 1.807) is 24.3 Å². The van der Waals surface area contributed by atoms with Gasteiger partial charge in [0.25, 0.3) is 5.91 Å². The maximum absolute atomic E-state index is 12.4. The number of rotatable bonds is 10. The number of aryl methyl sites for hydroxylation is 1. The van der Waals surface area contributed by atoms with E-state index >= 15 is 0 Å². The third kappa shape index (κ3) is 7.55. The molecule has 0 aliphatic rings. The Kier molecular flexibility index (Phi) is 7.81. The molecule has 0 saturated carbocycles. The van der Waals surface area contributed by atoms with E-state index in [0.717, 1.165) is 16.7 Å². The van der Waals surface area contributed by atoms with Crippen molar-refractivity contribution in [3.8, 4) is 5.75 Å². The number of hydrogen-bond acceptors (Lipinski definition) is 4. The molecule has 7 heteroatoms. The molecule has 162 valence electrons. The van der Waals surface area contributed by atoms with Crippen LogP contribution in [-0.4, -0.2) is 26.6 Å². The van der Waals surface area contributed by atoms with E-state index in [9.17, 15) is 13.2 Å². The zero-order chi connectivity index (χ0) is 22.1. The smallest absolute Gasteiger partial charge is 0.251 e. The number of carbonyl (C=O) groups is 1. The van der Waals surface area contributed by atoms with Gasteiger partial charge in [0.2, 0.25) is 10.0 Å². The molecule has 31 heavy (non-hydrogen) atoms. The molecule has 3 aromatic rings. The van der Waals surface area contributed by atoms with E-state index in [1.165, 1.54) is 0 Å². The average Bonchev–Trinajstić information content (AvgIpc) is 2.77. The maximum Gasteiger partial charge on any atom is 0.251 e. The molecule has 0 heterocycles. The van der Waals surface area contributed by atoms with Gasteiger partial charge in [-0.05, 0) is 36.2 Å². The second-order valence-corrected chi connectivity index (χ2v) is 9.11. The van der Waals surface area contributed by atoms with Crippen LogP contribution in [0.2, 0.25) is 0 Å². The van der Waals surface area contributed by atoms with Gasteiger partial charge >= 0.3 is 0 Å². The molecule has 0 atom stereocenters. The fourth-order valence-electron chi connectivity index (χ4n) is 2.96. The van der Waals surface area contributed by atoms with Gasteiger partial charge in [-0.15, -0.1) is 0 Å². The largest absolute Gasteiger partial charge is 0.489 e. The van der Waals surface area contributed by atoms with Crippen LogP contribution in [0, 0.1) is 6.92 Å². The van der Waals surface area contributed by atoms with Crippen LogP contribution in [0.5, 0.6) is 5.75 Å². The summed E-state index contributed by atoms with van der Waals surface area (Å²) in [5.74, 6) is 0.0281. The minimum atomic E-state index is -3.50. The van der Waals surface area contributed by atoms with E-state index in [2.05, 4.69) is 10.0 Å². The zero-order valence-corrected chi connectivity index (χ0v) is 18.2. The second kappa shape index (κ2) is 10.7. The van der Waals surface area contributed by atoms with E-state index in [0.29, 0.717) is 17.9 Å². The molecular weight excluding hydrogens is 412 g/mol. The first-order valence-electron chi connectivity index (χ1n) is 9.99. The number of carbonyl (C=O) groups excluding carboxylic acids is 1. The van der Waals surface area contributed by atoms with E-state index in [1.807, 2.05) is 61.5 Å². The predicted molar refractivity (Wildman–Crippen MR) is 121 cm³/mol. The molecule has 0 unspecified atom stereocenters. The predicted octanol–water partition coefficient (Wildman–Crippen LogP) is 3.42. The lowest BCUT2D eigenvalue weighted by atomic mass is 10.1. The molecule has 0 radical (unpaired) electrons. The third-order valence-corrected chi connectivity index (χ3v) is 5.91. The van der Waals surface area contributed by atoms with Crippen molar-refractivity contribution in [2.75, 3.05) is 12.3 Å². The fourth-order valence-corrected chi connectivity index (χ4v) is 3.86. The molecule has 2 N–H and O–H groups in total. The summed E-state index contributed by atoms with van der Waals surface area (Å²) in [6.07, 6.45) is 0. The van der Waals surface area contributed by atoms with Crippen molar-refractivity contribution in [3.63, 3.8) is 0 Å². The lowest BCUT2D eigenvalue weighted by Crippen LogP contribution is -2.34. The summed E-state index contributed by atoms with van der Waals surface area (Å²) in [4.78, 5) is 12.4. The van der Waals surface area contributed by atoms with Crippen molar-refractivity contribution in [1.29, 1.82) is 0 Å². The van der Waals surface area contributed by atoms with Gasteiger partial charge in [0, 0.05) is 18.7 Å². The Morgan fingerprint density at radius 1 is 0.903 bits per heavy atom. The summed E-state index contributed by atoms with van der Waals surface area (Å²) in [5.41, 5.74) is 3.49. The summed E-state index contributed by atoms with van der Waals surface area (Å²) >= 11 is 0. The highest BCUT2D eigenvalue weighted by Gasteiger charge is 2.12. The van der Waals surface area contributed by atoms with Crippen LogP contribution >= 0.6 is 0 Å². The summed E-state index contributed by atoms with van der Waals surface area (Å²) in [6.45, 7) is 2.65. The van der Waals surface area contributed by atoms with Gasteiger partial charge in [0.15, 0.2) is 0 Å². The topological polar surface area (TPSA) is 84.5 Å². The molecule has 0 spiro atoms. The molecule has 3 rings (SSSR count). The first kappa shape index (κ1) is 22.5. The standard InChI is InChI=1S/C24H26N2O4S/c1-19-7-5-10-21(15-19)18-30-23-12-6-11-22(16-23)24(27)25-13-14-31(28,29)26-17-20-8-3-2-4-9-20/h2-12,15-16,26H,13-14,17-18H2,1H3,(H,25,27). The summed E-state index contributed by atoms with van der Waals surface area (Å²) in [6, 6.07) is 24.1. The Hall–Kier alpha value is -3.16. The normalized spacial score (nSPS) is 11.1. The SMILES string of the molecule is Cc1cccc(COc2cccc(C(=O)NCCS(=O)(=O)NCc3ccccc3)c2)c1. The number of amides is 1. The van der Waals surface area contributed by atoms with Crippen LogP contribution in [0.1, 0.15) is 27.0 Å². The monoisotopic (exact) mass is 438 g/mol. The van der Waals surface area contributed by atoms with Gasteiger partial charge in [-0.1, -0.05) is 66.2 Å². The van der Waals surface area contributed by atoms with E-state index < -0.39 is 10.0 Å². The summed E-state index contributed by atoms with van der Waals surface area (Å²) in [5, 5.41) is 2.65. The van der Waals surface area contributed by atoms with Gasteiger partial charge in [-0.3, -0.25) is 4.79 Å². The van der Waals surface area contributed by atoms with Crippen LogP contribution in [0.25, 0.3) is 0 Å². The first-order valence-corrected chi connectivity index (χ1v) is 11.6. The Morgan fingerprint density at radius 2 is 1.65 bits per heavy atom. The van der Waals surface area contributed by atoms with Crippen LogP contribution in [0.3, 0.4) is 0 Å². The Labute approximate surface area is 183 Å². The lowest BCUT2D eigenvalue weighted by Gasteiger charge is -2.10. The zero-order valence-electron chi connectivity index (χ0n) is 17.4. The highest BCUT2D eigenvalue weighted by atomic mass is 32.2. The third-order valence-electron chi connectivity index (χ3n) is 4.58. The van der Waals surface area contributed by atoms with Crippen molar-refractivity contribution in [3.05, 3.63) is 101 Å². The fraction of sp³-hybridized carbons (Fsp3) is 0.208. The van der Waals surface area contributed by atoms with E-state index in [4.69, 9.17) is 4.74 Å². The highest BCUT2D eigenvalue weighted by Crippen LogP contribution is 2.16. The quantitative estimate of drug-likeness (QED) is 0.508. The molecule has 0 aliphatic carbocycles. The molecule has 0 bridgehead atoms. The Morgan fingerprint density at radius 3 is 2.42 bits per heavy atom. The van der Waals surface area contributed by atoms with E-state index in [-0.39, 0.29) is 24.7 Å². The number of nitrogens with one attached hydrogen (secondary N) is 2. The molecular formula is C24H26N2O4S. The summed E-state index contributed by atoms with van der Waals surface area (Å²) in [7, 11) is -3.50.